The van der Waals surface area contributed by atoms with E-state index in [-0.39, 0.29) is 5.91 Å². The number of nitrogens with one attached hydrogen (secondary N) is 1. The van der Waals surface area contributed by atoms with Crippen molar-refractivity contribution in [3.63, 3.8) is 0 Å². The Morgan fingerprint density at radius 2 is 2.33 bits per heavy atom. The Kier molecular flexibility index (Phi) is 4.33. The number of halogens is 1. The predicted molar refractivity (Wildman–Crippen MR) is 44.6 cm³/mol. The lowest BCUT2D eigenvalue weighted by molar-refractivity contribution is -0.116. The minimum absolute atomic E-state index is 0.296. The van der Waals surface area contributed by atoms with Gasteiger partial charge in [0.1, 0.15) is 0 Å². The first-order chi connectivity index (χ1) is 4.22. The Morgan fingerprint density at radius 3 is 2.67 bits per heavy atom. The molecule has 0 atom stereocenters. The molecule has 9 heavy (non-hydrogen) atoms. The van der Waals surface area contributed by atoms with Gasteiger partial charge in [-0.05, 0) is 28.7 Å². The zero-order chi connectivity index (χ0) is 7.28. The third kappa shape index (κ3) is 3.26. The van der Waals surface area contributed by atoms with E-state index in [1.807, 2.05) is 28.0 Å². The summed E-state index contributed by atoms with van der Waals surface area (Å²) in [4.78, 5) is 10.5. The van der Waals surface area contributed by atoms with Crippen molar-refractivity contribution in [2.45, 2.75) is 0 Å². The third-order valence-electron chi connectivity index (χ3n) is 0.612. The maximum absolute atomic E-state index is 10.5. The highest BCUT2D eigenvalue weighted by Gasteiger charge is 1.98. The second kappa shape index (κ2) is 4.51. The van der Waals surface area contributed by atoms with E-state index >= 15 is 0 Å². The highest BCUT2D eigenvalue weighted by Crippen LogP contribution is 2.03. The maximum Gasteiger partial charge on any atom is 0.271 e. The topological polar surface area (TPSA) is 55.1 Å². The van der Waals surface area contributed by atoms with E-state index in [0.717, 1.165) is 0 Å². The molecule has 0 bridgehead atoms. The van der Waals surface area contributed by atoms with E-state index in [1.54, 1.807) is 6.08 Å². The van der Waals surface area contributed by atoms with Crippen LogP contribution in [0.15, 0.2) is 22.3 Å². The van der Waals surface area contributed by atoms with Crippen molar-refractivity contribution >= 4 is 28.5 Å². The summed E-state index contributed by atoms with van der Waals surface area (Å²) in [6, 6.07) is 0. The summed E-state index contributed by atoms with van der Waals surface area (Å²) in [7, 11) is 0. The van der Waals surface area contributed by atoms with Crippen molar-refractivity contribution in [3.8, 4) is 0 Å². The highest BCUT2D eigenvalue weighted by atomic mass is 127. The molecule has 0 saturated heterocycles. The van der Waals surface area contributed by atoms with Crippen molar-refractivity contribution < 1.29 is 4.79 Å². The Balaban J connectivity index is 4.01. The number of allylic oxidation sites excluding steroid dienone is 2. The van der Waals surface area contributed by atoms with Crippen LogP contribution < -0.4 is 11.3 Å². The van der Waals surface area contributed by atoms with Gasteiger partial charge in [0, 0.05) is 0 Å². The first kappa shape index (κ1) is 8.64. The Hall–Kier alpha value is -0.360. The lowest BCUT2D eigenvalue weighted by Gasteiger charge is -1.92. The number of amides is 1. The van der Waals surface area contributed by atoms with Gasteiger partial charge in [0.2, 0.25) is 0 Å². The van der Waals surface area contributed by atoms with Crippen LogP contribution in [-0.4, -0.2) is 5.91 Å². The lowest BCUT2D eigenvalue weighted by atomic mass is 10.5. The summed E-state index contributed by atoms with van der Waals surface area (Å²) >= 11 is 1.87. The van der Waals surface area contributed by atoms with E-state index in [9.17, 15) is 4.79 Å². The van der Waals surface area contributed by atoms with Crippen molar-refractivity contribution in [2.75, 3.05) is 0 Å². The summed E-state index contributed by atoms with van der Waals surface area (Å²) in [6.45, 7) is 3.42. The van der Waals surface area contributed by atoms with E-state index in [4.69, 9.17) is 5.84 Å². The molecule has 0 fully saturated rings. The highest BCUT2D eigenvalue weighted by molar-refractivity contribution is 14.1. The molecule has 4 heteroatoms. The zero-order valence-corrected chi connectivity index (χ0v) is 6.88. The van der Waals surface area contributed by atoms with Crippen LogP contribution in [0, 0.1) is 0 Å². The van der Waals surface area contributed by atoms with Crippen molar-refractivity contribution in [3.05, 3.63) is 22.3 Å². The van der Waals surface area contributed by atoms with Crippen LogP contribution in [0.3, 0.4) is 0 Å². The fourth-order valence-electron chi connectivity index (χ4n) is 0.248. The fraction of sp³-hybridized carbons (Fsp3) is 0. The number of nitrogens with two attached hydrogens (primary N) is 1. The Bertz CT molecular complexity index is 153. The summed E-state index contributed by atoms with van der Waals surface area (Å²) in [5.74, 6) is 4.53. The van der Waals surface area contributed by atoms with Crippen LogP contribution in [0.25, 0.3) is 0 Å². The molecule has 3 nitrogen and oxygen atoms in total. The normalized spacial score (nSPS) is 10.7. The summed E-state index contributed by atoms with van der Waals surface area (Å²) in [6.07, 6.45) is 3.10. The van der Waals surface area contributed by atoms with Crippen LogP contribution in [0.5, 0.6) is 0 Å². The molecular weight excluding hydrogens is 231 g/mol. The maximum atomic E-state index is 10.5. The van der Waals surface area contributed by atoms with Gasteiger partial charge in [0.05, 0.1) is 3.58 Å². The van der Waals surface area contributed by atoms with Gasteiger partial charge in [-0.2, -0.15) is 0 Å². The molecule has 0 spiro atoms. The number of carbonyl (C=O) groups is 1. The molecule has 3 N–H and O–H groups in total. The number of hydrogen-bond donors (Lipinski definition) is 2. The molecule has 0 saturated carbocycles. The first-order valence-corrected chi connectivity index (χ1v) is 3.29. The fourth-order valence-corrected chi connectivity index (χ4v) is 0.658. The molecule has 0 rings (SSSR count). The van der Waals surface area contributed by atoms with E-state index in [2.05, 4.69) is 6.58 Å². The summed E-state index contributed by atoms with van der Waals surface area (Å²) < 4.78 is 0.519. The average molecular weight is 238 g/mol. The molecule has 0 aliphatic heterocycles. The third-order valence-corrected chi connectivity index (χ3v) is 1.46. The molecular formula is C5H7IN2O. The zero-order valence-electron chi connectivity index (χ0n) is 4.73. The molecule has 0 radical (unpaired) electrons. The van der Waals surface area contributed by atoms with Gasteiger partial charge in [-0.15, -0.1) is 0 Å². The van der Waals surface area contributed by atoms with Crippen molar-refractivity contribution in [1.29, 1.82) is 0 Å². The second-order valence-electron chi connectivity index (χ2n) is 1.22. The minimum atomic E-state index is -0.296. The quantitative estimate of drug-likeness (QED) is 0.183. The van der Waals surface area contributed by atoms with Crippen LogP contribution in [0.1, 0.15) is 0 Å². The van der Waals surface area contributed by atoms with Gasteiger partial charge in [0.15, 0.2) is 0 Å². The SMILES string of the molecule is C=C/C=C(/I)C(=O)NN. The van der Waals surface area contributed by atoms with E-state index in [0.29, 0.717) is 3.58 Å². The van der Waals surface area contributed by atoms with Gasteiger partial charge < -0.3 is 0 Å². The smallest absolute Gasteiger partial charge is 0.271 e. The molecule has 0 heterocycles. The van der Waals surface area contributed by atoms with Crippen LogP contribution in [0.2, 0.25) is 0 Å². The summed E-state index contributed by atoms with van der Waals surface area (Å²) in [5, 5.41) is 0. The summed E-state index contributed by atoms with van der Waals surface area (Å²) in [5.41, 5.74) is 1.99. The van der Waals surface area contributed by atoms with Crippen molar-refractivity contribution in [1.82, 2.24) is 5.43 Å². The monoisotopic (exact) mass is 238 g/mol. The number of carbonyl (C=O) groups excluding carboxylic acids is 1. The van der Waals surface area contributed by atoms with Crippen LogP contribution in [-0.2, 0) is 4.79 Å². The standard InChI is InChI=1S/C5H7IN2O/c1-2-3-4(6)5(9)8-7/h2-3H,1,7H2,(H,8,9)/b4-3+. The van der Waals surface area contributed by atoms with E-state index in [1.165, 1.54) is 6.08 Å². The average Bonchev–Trinajstić information content (AvgIpc) is 1.87. The van der Waals surface area contributed by atoms with Crippen LogP contribution in [0.4, 0.5) is 0 Å². The second-order valence-corrected chi connectivity index (χ2v) is 2.39. The molecule has 0 aliphatic rings. The van der Waals surface area contributed by atoms with Gasteiger partial charge >= 0.3 is 0 Å². The van der Waals surface area contributed by atoms with Gasteiger partial charge in [-0.1, -0.05) is 12.7 Å². The molecule has 1 amide bonds. The predicted octanol–water partition coefficient (Wildman–Crippen LogP) is 0.481. The largest absolute Gasteiger partial charge is 0.290 e. The number of hydrazine groups is 1. The molecule has 0 aromatic rings. The molecule has 0 aromatic carbocycles. The molecule has 0 aromatic heterocycles. The molecule has 0 unspecified atom stereocenters. The van der Waals surface area contributed by atoms with Gasteiger partial charge in [-0.25, -0.2) is 5.84 Å². The number of rotatable bonds is 2. The van der Waals surface area contributed by atoms with E-state index < -0.39 is 0 Å². The molecule has 50 valence electrons. The lowest BCUT2D eigenvalue weighted by Crippen LogP contribution is -2.29. The first-order valence-electron chi connectivity index (χ1n) is 2.21. The van der Waals surface area contributed by atoms with Gasteiger partial charge in [0.25, 0.3) is 5.91 Å². The Labute approximate surface area is 67.1 Å². The minimum Gasteiger partial charge on any atom is -0.290 e. The van der Waals surface area contributed by atoms with Crippen molar-refractivity contribution in [2.24, 2.45) is 5.84 Å². The van der Waals surface area contributed by atoms with Gasteiger partial charge in [-0.3, -0.25) is 10.2 Å². The molecule has 0 aliphatic carbocycles. The Morgan fingerprint density at radius 1 is 1.78 bits per heavy atom. The van der Waals surface area contributed by atoms with Crippen LogP contribution >= 0.6 is 22.6 Å². The number of hydrogen-bond acceptors (Lipinski definition) is 2.